The maximum atomic E-state index is 10.8. The topological polar surface area (TPSA) is 20.2 Å². The van der Waals surface area contributed by atoms with Crippen LogP contribution in [0.5, 0.6) is 0 Å². The second-order valence-electron chi connectivity index (χ2n) is 5.93. The first-order valence-corrected chi connectivity index (χ1v) is 8.83. The third kappa shape index (κ3) is 5.10. The number of hydrogen-bond acceptors (Lipinski definition) is 1. The van der Waals surface area contributed by atoms with Gasteiger partial charge in [0.05, 0.1) is 12.0 Å². The Hall–Kier alpha value is -2.79. The van der Waals surface area contributed by atoms with E-state index in [1.165, 1.54) is 0 Å². The highest BCUT2D eigenvalue weighted by Crippen LogP contribution is 2.25. The Kier molecular flexibility index (Phi) is 6.28. The predicted octanol–water partition coefficient (Wildman–Crippen LogP) is 5.75. The van der Waals surface area contributed by atoms with E-state index in [1.807, 2.05) is 84.9 Å². The van der Waals surface area contributed by atoms with Crippen LogP contribution in [0.4, 0.5) is 0 Å². The molecule has 0 aliphatic heterocycles. The Bertz CT molecular complexity index is 903. The van der Waals surface area contributed by atoms with E-state index in [2.05, 4.69) is 11.8 Å². The van der Waals surface area contributed by atoms with Gasteiger partial charge in [-0.25, -0.2) is 0 Å². The predicted molar refractivity (Wildman–Crippen MR) is 109 cm³/mol. The number of benzene rings is 3. The fourth-order valence-corrected chi connectivity index (χ4v) is 2.69. The average molecular weight is 359 g/mol. The minimum atomic E-state index is -0.733. The first-order chi connectivity index (χ1) is 12.7. The molecule has 3 aromatic rings. The Balaban J connectivity index is 1.89. The van der Waals surface area contributed by atoms with Crippen LogP contribution in [-0.2, 0) is 0 Å². The molecular formula is C24H19ClO. The van der Waals surface area contributed by atoms with Crippen molar-refractivity contribution in [2.75, 3.05) is 0 Å². The third-order valence-electron chi connectivity index (χ3n) is 4.00. The number of aliphatic hydroxyl groups excluding tert-OH is 1. The average Bonchev–Trinajstić information content (AvgIpc) is 2.70. The molecule has 1 unspecified atom stereocenters. The van der Waals surface area contributed by atoms with Crippen molar-refractivity contribution in [2.45, 2.75) is 6.10 Å². The van der Waals surface area contributed by atoms with Gasteiger partial charge in [-0.1, -0.05) is 96.3 Å². The lowest BCUT2D eigenvalue weighted by Gasteiger charge is -2.15. The SMILES string of the molecule is O[C@@H](c1ccc(Cl)cc1)C(C#Cc1ccccc1)/C=C/c1ccccc1. The zero-order valence-electron chi connectivity index (χ0n) is 14.2. The quantitative estimate of drug-likeness (QED) is 0.588. The lowest BCUT2D eigenvalue weighted by atomic mass is 9.94. The van der Waals surface area contributed by atoms with Crippen molar-refractivity contribution in [3.8, 4) is 11.8 Å². The normalized spacial score (nSPS) is 13.0. The molecule has 26 heavy (non-hydrogen) atoms. The molecule has 0 aliphatic rings. The van der Waals surface area contributed by atoms with Gasteiger partial charge in [-0.05, 0) is 35.4 Å². The van der Waals surface area contributed by atoms with Crippen molar-refractivity contribution in [1.82, 2.24) is 0 Å². The first-order valence-electron chi connectivity index (χ1n) is 8.46. The van der Waals surface area contributed by atoms with Gasteiger partial charge in [0.2, 0.25) is 0 Å². The summed E-state index contributed by atoms with van der Waals surface area (Å²) in [7, 11) is 0. The van der Waals surface area contributed by atoms with E-state index in [-0.39, 0.29) is 5.92 Å². The van der Waals surface area contributed by atoms with Crippen LogP contribution in [-0.4, -0.2) is 5.11 Å². The van der Waals surface area contributed by atoms with Gasteiger partial charge in [-0.2, -0.15) is 0 Å². The number of rotatable bonds is 4. The first kappa shape index (κ1) is 18.0. The lowest BCUT2D eigenvalue weighted by Crippen LogP contribution is -2.08. The van der Waals surface area contributed by atoms with E-state index in [0.29, 0.717) is 5.02 Å². The molecule has 2 atom stereocenters. The minimum absolute atomic E-state index is 0.336. The number of aliphatic hydroxyl groups is 1. The largest absolute Gasteiger partial charge is 0.387 e. The van der Waals surface area contributed by atoms with Crippen LogP contribution in [0.3, 0.4) is 0 Å². The van der Waals surface area contributed by atoms with E-state index >= 15 is 0 Å². The molecule has 0 fully saturated rings. The van der Waals surface area contributed by atoms with Crippen molar-refractivity contribution < 1.29 is 5.11 Å². The molecule has 128 valence electrons. The van der Waals surface area contributed by atoms with E-state index < -0.39 is 6.10 Å². The summed E-state index contributed by atoms with van der Waals surface area (Å²) in [6.45, 7) is 0. The summed E-state index contributed by atoms with van der Waals surface area (Å²) in [5.74, 6) is 6.02. The number of halogens is 1. The van der Waals surface area contributed by atoms with Gasteiger partial charge in [-0.15, -0.1) is 0 Å². The van der Waals surface area contributed by atoms with Crippen molar-refractivity contribution >= 4 is 17.7 Å². The van der Waals surface area contributed by atoms with Crippen molar-refractivity contribution in [1.29, 1.82) is 0 Å². The third-order valence-corrected chi connectivity index (χ3v) is 4.26. The monoisotopic (exact) mass is 358 g/mol. The summed E-state index contributed by atoms with van der Waals surface area (Å²) in [5.41, 5.74) is 2.79. The van der Waals surface area contributed by atoms with Crippen molar-refractivity contribution in [3.05, 3.63) is 113 Å². The molecular weight excluding hydrogens is 340 g/mol. The van der Waals surface area contributed by atoms with Gasteiger partial charge in [0.25, 0.3) is 0 Å². The molecule has 0 radical (unpaired) electrons. The summed E-state index contributed by atoms with van der Waals surface area (Å²) < 4.78 is 0. The van der Waals surface area contributed by atoms with E-state index in [1.54, 1.807) is 12.1 Å². The van der Waals surface area contributed by atoms with Crippen LogP contribution in [0.1, 0.15) is 22.8 Å². The van der Waals surface area contributed by atoms with Gasteiger partial charge in [0.15, 0.2) is 0 Å². The second kappa shape index (κ2) is 9.06. The molecule has 0 heterocycles. The summed E-state index contributed by atoms with van der Waals surface area (Å²) >= 11 is 5.95. The van der Waals surface area contributed by atoms with Gasteiger partial charge >= 0.3 is 0 Å². The van der Waals surface area contributed by atoms with E-state index in [4.69, 9.17) is 11.6 Å². The molecule has 0 aromatic heterocycles. The van der Waals surface area contributed by atoms with E-state index in [0.717, 1.165) is 16.7 Å². The Morgan fingerprint density at radius 1 is 0.808 bits per heavy atom. The molecule has 0 spiro atoms. The summed E-state index contributed by atoms with van der Waals surface area (Å²) in [6.07, 6.45) is 3.21. The summed E-state index contributed by atoms with van der Waals surface area (Å²) in [5, 5.41) is 11.5. The Morgan fingerprint density at radius 2 is 1.42 bits per heavy atom. The minimum Gasteiger partial charge on any atom is -0.387 e. The molecule has 0 aliphatic carbocycles. The van der Waals surface area contributed by atoms with Crippen LogP contribution in [0.25, 0.3) is 6.08 Å². The molecule has 3 aromatic carbocycles. The molecule has 0 saturated carbocycles. The van der Waals surface area contributed by atoms with Crippen molar-refractivity contribution in [2.24, 2.45) is 5.92 Å². The zero-order chi connectivity index (χ0) is 18.2. The fourth-order valence-electron chi connectivity index (χ4n) is 2.57. The Labute approximate surface area is 159 Å². The maximum absolute atomic E-state index is 10.8. The summed E-state index contributed by atoms with van der Waals surface area (Å²) in [6, 6.07) is 27.0. The Morgan fingerprint density at radius 3 is 2.08 bits per heavy atom. The highest BCUT2D eigenvalue weighted by molar-refractivity contribution is 6.30. The fraction of sp³-hybridized carbons (Fsp3) is 0.0833. The van der Waals surface area contributed by atoms with Crippen molar-refractivity contribution in [3.63, 3.8) is 0 Å². The van der Waals surface area contributed by atoms with Gasteiger partial charge in [-0.3, -0.25) is 0 Å². The molecule has 0 amide bonds. The maximum Gasteiger partial charge on any atom is 0.0962 e. The molecule has 1 nitrogen and oxygen atoms in total. The standard InChI is InChI=1S/C24H19ClO/c25-23-17-15-22(16-18-23)24(26)21(13-11-19-7-3-1-4-8-19)14-12-20-9-5-2-6-10-20/h1-11,13,15-18,21,24,26H/b13-11+/t21?,24-/m1/s1. The smallest absolute Gasteiger partial charge is 0.0962 e. The van der Waals surface area contributed by atoms with Crippen LogP contribution in [0.2, 0.25) is 5.02 Å². The van der Waals surface area contributed by atoms with Crippen LogP contribution in [0.15, 0.2) is 91.0 Å². The van der Waals surface area contributed by atoms with Gasteiger partial charge in [0.1, 0.15) is 0 Å². The van der Waals surface area contributed by atoms with Gasteiger partial charge in [0, 0.05) is 10.6 Å². The van der Waals surface area contributed by atoms with Crippen LogP contribution in [0, 0.1) is 17.8 Å². The molecule has 2 heteroatoms. The second-order valence-corrected chi connectivity index (χ2v) is 6.36. The molecule has 0 saturated heterocycles. The summed E-state index contributed by atoms with van der Waals surface area (Å²) in [4.78, 5) is 0. The van der Waals surface area contributed by atoms with Gasteiger partial charge < -0.3 is 5.11 Å². The molecule has 0 bridgehead atoms. The molecule has 3 rings (SSSR count). The lowest BCUT2D eigenvalue weighted by molar-refractivity contribution is 0.155. The molecule has 1 N–H and O–H groups in total. The van der Waals surface area contributed by atoms with E-state index in [9.17, 15) is 5.11 Å². The number of hydrogen-bond donors (Lipinski definition) is 1. The van der Waals surface area contributed by atoms with Crippen LogP contribution < -0.4 is 0 Å². The highest BCUT2D eigenvalue weighted by Gasteiger charge is 2.16. The highest BCUT2D eigenvalue weighted by atomic mass is 35.5. The van der Waals surface area contributed by atoms with Crippen LogP contribution >= 0.6 is 11.6 Å². The zero-order valence-corrected chi connectivity index (χ0v) is 15.0.